The maximum Gasteiger partial charge on any atom is 0.254 e. The second-order valence-corrected chi connectivity index (χ2v) is 10.5. The molecule has 174 valence electrons. The van der Waals surface area contributed by atoms with Crippen molar-refractivity contribution in [3.8, 4) is 11.3 Å². The van der Waals surface area contributed by atoms with E-state index >= 15 is 0 Å². The molecule has 0 unspecified atom stereocenters. The molecule has 0 atom stereocenters. The lowest BCUT2D eigenvalue weighted by atomic mass is 9.90. The predicted molar refractivity (Wildman–Crippen MR) is 126 cm³/mol. The highest BCUT2D eigenvalue weighted by molar-refractivity contribution is 6.03. The predicted octanol–water partition coefficient (Wildman–Crippen LogP) is 3.67. The minimum atomic E-state index is -0.602. The molecule has 0 bridgehead atoms. The number of primary amides is 1. The Morgan fingerprint density at radius 2 is 1.82 bits per heavy atom. The Kier molecular flexibility index (Phi) is 5.64. The van der Waals surface area contributed by atoms with Crippen LogP contribution in [0.5, 0.6) is 0 Å². The smallest absolute Gasteiger partial charge is 0.254 e. The minimum Gasteiger partial charge on any atom is -0.383 e. The first-order valence-corrected chi connectivity index (χ1v) is 11.2. The molecule has 0 radical (unpaired) electrons. The first-order valence-electron chi connectivity index (χ1n) is 11.2. The number of nitrogens with two attached hydrogens (primary N) is 2. The molecule has 1 saturated carbocycles. The van der Waals surface area contributed by atoms with Gasteiger partial charge in [-0.2, -0.15) is 5.10 Å². The van der Waals surface area contributed by atoms with E-state index in [1.165, 1.54) is 0 Å². The number of ketones is 1. The fraction of sp³-hybridized carbons (Fsp3) is 0.440. The maximum absolute atomic E-state index is 12.6. The summed E-state index contributed by atoms with van der Waals surface area (Å²) in [7, 11) is 0. The molecule has 1 fully saturated rings. The van der Waals surface area contributed by atoms with Crippen LogP contribution in [0.1, 0.15) is 67.9 Å². The van der Waals surface area contributed by atoms with Gasteiger partial charge in [0.05, 0.1) is 17.7 Å². The SMILES string of the molecule is CC(C)(C)Cc1cc(CC(=O)Cc2ccc(-c3nn(C4(C)CC4)c(N)c3C(N)=O)cc2)on1. The lowest BCUT2D eigenvalue weighted by molar-refractivity contribution is -0.118. The van der Waals surface area contributed by atoms with Crippen LogP contribution in [-0.4, -0.2) is 26.6 Å². The van der Waals surface area contributed by atoms with E-state index < -0.39 is 5.91 Å². The number of benzene rings is 1. The number of Topliss-reactive ketones (excluding diaryl/α,β-unsaturated/α-hetero) is 1. The van der Waals surface area contributed by atoms with E-state index in [1.54, 1.807) is 4.68 Å². The molecule has 1 aromatic carbocycles. The molecule has 8 nitrogen and oxygen atoms in total. The molecular formula is C25H31N5O3. The average Bonchev–Trinajstić information content (AvgIpc) is 3.13. The Morgan fingerprint density at radius 1 is 1.15 bits per heavy atom. The molecule has 1 aliphatic carbocycles. The van der Waals surface area contributed by atoms with Gasteiger partial charge in [0.15, 0.2) is 0 Å². The van der Waals surface area contributed by atoms with Gasteiger partial charge in [0.1, 0.15) is 28.6 Å². The zero-order valence-corrected chi connectivity index (χ0v) is 19.6. The van der Waals surface area contributed by atoms with Gasteiger partial charge in [-0.25, -0.2) is 4.68 Å². The Bertz CT molecular complexity index is 1190. The van der Waals surface area contributed by atoms with Crippen LogP contribution < -0.4 is 11.5 Å². The normalized spacial score (nSPS) is 14.9. The molecule has 1 amide bonds. The van der Waals surface area contributed by atoms with E-state index in [0.29, 0.717) is 17.3 Å². The van der Waals surface area contributed by atoms with Gasteiger partial charge in [-0.3, -0.25) is 9.59 Å². The van der Waals surface area contributed by atoms with Crippen LogP contribution in [0, 0.1) is 5.41 Å². The summed E-state index contributed by atoms with van der Waals surface area (Å²) in [4.78, 5) is 24.6. The van der Waals surface area contributed by atoms with Crippen LogP contribution in [0.15, 0.2) is 34.9 Å². The standard InChI is InChI=1S/C25H31N5O3/c1-24(2,3)14-17-12-19(33-29-17)13-18(31)11-15-5-7-16(8-6-15)21-20(23(27)32)22(26)30(28-21)25(4)9-10-25/h5-8,12H,9-11,13-14,26H2,1-4H3,(H2,27,32). The van der Waals surface area contributed by atoms with Crippen molar-refractivity contribution >= 4 is 17.5 Å². The van der Waals surface area contributed by atoms with E-state index in [1.807, 2.05) is 30.3 Å². The number of nitrogens with zero attached hydrogens (tertiary/aromatic N) is 3. The number of nitrogen functional groups attached to an aromatic ring is 1. The largest absolute Gasteiger partial charge is 0.383 e. The van der Waals surface area contributed by atoms with Gasteiger partial charge < -0.3 is 16.0 Å². The van der Waals surface area contributed by atoms with Gasteiger partial charge in [-0.1, -0.05) is 50.2 Å². The highest BCUT2D eigenvalue weighted by atomic mass is 16.5. The summed E-state index contributed by atoms with van der Waals surface area (Å²) < 4.78 is 7.05. The van der Waals surface area contributed by atoms with Crippen LogP contribution in [0.4, 0.5) is 5.82 Å². The summed E-state index contributed by atoms with van der Waals surface area (Å²) in [6, 6.07) is 9.26. The third kappa shape index (κ3) is 4.99. The maximum atomic E-state index is 12.6. The van der Waals surface area contributed by atoms with Crippen LogP contribution in [0.2, 0.25) is 0 Å². The fourth-order valence-corrected chi connectivity index (χ4v) is 4.01. The first kappa shape index (κ1) is 22.8. The second kappa shape index (κ2) is 8.17. The molecule has 2 heterocycles. The molecule has 8 heteroatoms. The van der Waals surface area contributed by atoms with Crippen molar-refractivity contribution in [2.45, 2.75) is 65.3 Å². The van der Waals surface area contributed by atoms with Gasteiger partial charge in [0, 0.05) is 18.1 Å². The number of rotatable bonds is 8. The van der Waals surface area contributed by atoms with Gasteiger partial charge in [-0.05, 0) is 37.2 Å². The van der Waals surface area contributed by atoms with E-state index in [-0.39, 0.29) is 35.1 Å². The summed E-state index contributed by atoms with van der Waals surface area (Å²) in [5.41, 5.74) is 14.9. The Hall–Kier alpha value is -3.42. The Balaban J connectivity index is 1.46. The molecule has 4 N–H and O–H groups in total. The van der Waals surface area contributed by atoms with Crippen LogP contribution >= 0.6 is 0 Å². The first-order chi connectivity index (χ1) is 15.4. The highest BCUT2D eigenvalue weighted by Crippen LogP contribution is 2.45. The molecular weight excluding hydrogens is 418 g/mol. The molecule has 3 aromatic rings. The van der Waals surface area contributed by atoms with Gasteiger partial charge >= 0.3 is 0 Å². The topological polar surface area (TPSA) is 130 Å². The summed E-state index contributed by atoms with van der Waals surface area (Å²) >= 11 is 0. The number of aromatic nitrogens is 3. The van der Waals surface area contributed by atoms with Gasteiger partial charge in [-0.15, -0.1) is 0 Å². The molecule has 4 rings (SSSR count). The lowest BCUT2D eigenvalue weighted by Crippen LogP contribution is -2.19. The molecule has 33 heavy (non-hydrogen) atoms. The summed E-state index contributed by atoms with van der Waals surface area (Å²) in [6.07, 6.45) is 3.18. The van der Waals surface area contributed by atoms with Crippen molar-refractivity contribution < 1.29 is 14.1 Å². The number of hydrogen-bond donors (Lipinski definition) is 2. The molecule has 0 aliphatic heterocycles. The third-order valence-electron chi connectivity index (χ3n) is 5.97. The number of hydrogen-bond acceptors (Lipinski definition) is 6. The molecule has 2 aromatic heterocycles. The van der Waals surface area contributed by atoms with Crippen molar-refractivity contribution in [1.82, 2.24) is 14.9 Å². The average molecular weight is 450 g/mol. The quantitative estimate of drug-likeness (QED) is 0.540. The number of amides is 1. The van der Waals surface area contributed by atoms with Crippen molar-refractivity contribution in [2.75, 3.05) is 5.73 Å². The summed E-state index contributed by atoms with van der Waals surface area (Å²) in [6.45, 7) is 8.45. The van der Waals surface area contributed by atoms with Crippen LogP contribution in [0.3, 0.4) is 0 Å². The summed E-state index contributed by atoms with van der Waals surface area (Å²) in [5.74, 6) is 0.315. The number of carbonyl (C=O) groups excluding carboxylic acids is 2. The Labute approximate surface area is 193 Å². The zero-order valence-electron chi connectivity index (χ0n) is 19.6. The monoisotopic (exact) mass is 449 g/mol. The van der Waals surface area contributed by atoms with Gasteiger partial charge in [0.25, 0.3) is 5.91 Å². The summed E-state index contributed by atoms with van der Waals surface area (Å²) in [5, 5.41) is 8.69. The lowest BCUT2D eigenvalue weighted by Gasteiger charge is -2.14. The molecule has 0 spiro atoms. The zero-order chi connectivity index (χ0) is 24.0. The molecule has 1 aliphatic rings. The Morgan fingerprint density at radius 3 is 2.39 bits per heavy atom. The van der Waals surface area contributed by atoms with E-state index in [0.717, 1.165) is 36.1 Å². The van der Waals surface area contributed by atoms with E-state index in [9.17, 15) is 9.59 Å². The van der Waals surface area contributed by atoms with Gasteiger partial charge in [0.2, 0.25) is 0 Å². The highest BCUT2D eigenvalue weighted by Gasteiger charge is 2.43. The van der Waals surface area contributed by atoms with Crippen LogP contribution in [0.25, 0.3) is 11.3 Å². The van der Waals surface area contributed by atoms with Crippen molar-refractivity contribution in [3.63, 3.8) is 0 Å². The molecule has 0 saturated heterocycles. The van der Waals surface area contributed by atoms with Crippen molar-refractivity contribution in [1.29, 1.82) is 0 Å². The number of carbonyl (C=O) groups is 2. The fourth-order valence-electron chi connectivity index (χ4n) is 4.01. The van der Waals surface area contributed by atoms with E-state index in [2.05, 4.69) is 38.0 Å². The second-order valence-electron chi connectivity index (χ2n) is 10.5. The van der Waals surface area contributed by atoms with Crippen molar-refractivity contribution in [2.24, 2.45) is 11.1 Å². The van der Waals surface area contributed by atoms with E-state index in [4.69, 9.17) is 16.0 Å². The minimum absolute atomic E-state index is 0.0363. The van der Waals surface area contributed by atoms with Crippen LogP contribution in [-0.2, 0) is 29.6 Å². The third-order valence-corrected chi connectivity index (χ3v) is 5.97. The number of anilines is 1. The van der Waals surface area contributed by atoms with Crippen molar-refractivity contribution in [3.05, 3.63) is 52.9 Å².